The molecule has 2 aliphatic heterocycles. The molecule has 1 saturated carbocycles. The molecule has 3 atom stereocenters. The third-order valence-electron chi connectivity index (χ3n) is 6.24. The summed E-state index contributed by atoms with van der Waals surface area (Å²) in [7, 11) is 3.98. The summed E-state index contributed by atoms with van der Waals surface area (Å²) in [5, 5.41) is 0. The lowest BCUT2D eigenvalue weighted by Crippen LogP contribution is -2.49. The van der Waals surface area contributed by atoms with Crippen molar-refractivity contribution in [1.29, 1.82) is 0 Å². The Morgan fingerprint density at radius 2 is 1.86 bits per heavy atom. The highest BCUT2D eigenvalue weighted by atomic mass is 16.5. The van der Waals surface area contributed by atoms with Gasteiger partial charge in [-0.1, -0.05) is 6.92 Å². The van der Waals surface area contributed by atoms with Crippen LogP contribution in [0, 0.1) is 11.3 Å². The van der Waals surface area contributed by atoms with Gasteiger partial charge in [-0.2, -0.15) is 0 Å². The molecule has 0 bridgehead atoms. The zero-order chi connectivity index (χ0) is 15.0. The average molecular weight is 294 g/mol. The molecule has 4 nitrogen and oxygen atoms in total. The van der Waals surface area contributed by atoms with E-state index < -0.39 is 0 Å². The van der Waals surface area contributed by atoms with E-state index >= 15 is 0 Å². The van der Waals surface area contributed by atoms with Crippen molar-refractivity contribution in [1.82, 2.24) is 9.80 Å². The number of nitrogens with zero attached hydrogens (tertiary/aromatic N) is 2. The van der Waals surface area contributed by atoms with Gasteiger partial charge in [0.15, 0.2) is 0 Å². The third kappa shape index (κ3) is 2.85. The molecule has 3 rings (SSSR count). The summed E-state index contributed by atoms with van der Waals surface area (Å²) in [6.07, 6.45) is 6.96. The standard InChI is InChI=1S/C17H30N2O2/c1-17-8-11-19(15(17)5-4-14(12-17)21-3)16(20)13-6-9-18(2)10-7-13/h13-15H,4-12H2,1-3H3/t14-,15-,17+/m1/s1. The van der Waals surface area contributed by atoms with E-state index in [4.69, 9.17) is 4.74 Å². The quantitative estimate of drug-likeness (QED) is 0.782. The van der Waals surface area contributed by atoms with Crippen LogP contribution in [0.2, 0.25) is 0 Å². The van der Waals surface area contributed by atoms with Gasteiger partial charge in [-0.05, 0) is 64.1 Å². The number of likely N-dealkylation sites (tertiary alicyclic amines) is 2. The van der Waals surface area contributed by atoms with Crippen molar-refractivity contribution in [3.8, 4) is 0 Å². The Balaban J connectivity index is 1.66. The Bertz CT molecular complexity index is 392. The lowest BCUT2D eigenvalue weighted by Gasteiger charge is -2.43. The van der Waals surface area contributed by atoms with E-state index in [-0.39, 0.29) is 11.3 Å². The number of ether oxygens (including phenoxy) is 1. The lowest BCUT2D eigenvalue weighted by molar-refractivity contribution is -0.140. The van der Waals surface area contributed by atoms with Crippen molar-refractivity contribution in [3.05, 3.63) is 0 Å². The van der Waals surface area contributed by atoms with Crippen molar-refractivity contribution in [2.24, 2.45) is 11.3 Å². The number of piperidine rings is 1. The molecule has 3 fully saturated rings. The Labute approximate surface area is 128 Å². The van der Waals surface area contributed by atoms with Gasteiger partial charge in [-0.15, -0.1) is 0 Å². The molecule has 0 radical (unpaired) electrons. The van der Waals surface area contributed by atoms with Crippen LogP contribution in [0.4, 0.5) is 0 Å². The highest BCUT2D eigenvalue weighted by molar-refractivity contribution is 5.79. The highest BCUT2D eigenvalue weighted by Crippen LogP contribution is 2.47. The lowest BCUT2D eigenvalue weighted by atomic mass is 9.71. The smallest absolute Gasteiger partial charge is 0.226 e. The van der Waals surface area contributed by atoms with Crippen molar-refractivity contribution >= 4 is 5.91 Å². The predicted molar refractivity (Wildman–Crippen MR) is 83.1 cm³/mol. The summed E-state index contributed by atoms with van der Waals surface area (Å²) in [5.41, 5.74) is 0.278. The molecule has 0 aromatic heterocycles. The van der Waals surface area contributed by atoms with E-state index in [0.29, 0.717) is 18.1 Å². The summed E-state index contributed by atoms with van der Waals surface area (Å²) in [5.74, 6) is 0.705. The van der Waals surface area contributed by atoms with Gasteiger partial charge in [0, 0.05) is 25.6 Å². The van der Waals surface area contributed by atoms with Crippen LogP contribution in [-0.2, 0) is 9.53 Å². The summed E-state index contributed by atoms with van der Waals surface area (Å²) < 4.78 is 5.58. The van der Waals surface area contributed by atoms with Crippen LogP contribution < -0.4 is 0 Å². The van der Waals surface area contributed by atoms with Gasteiger partial charge in [0.2, 0.25) is 5.91 Å². The van der Waals surface area contributed by atoms with Crippen LogP contribution in [0.5, 0.6) is 0 Å². The first-order valence-corrected chi connectivity index (χ1v) is 8.55. The molecule has 21 heavy (non-hydrogen) atoms. The molecule has 1 aliphatic carbocycles. The zero-order valence-corrected chi connectivity index (χ0v) is 13.8. The van der Waals surface area contributed by atoms with Crippen LogP contribution >= 0.6 is 0 Å². The van der Waals surface area contributed by atoms with Gasteiger partial charge in [0.25, 0.3) is 0 Å². The topological polar surface area (TPSA) is 32.8 Å². The van der Waals surface area contributed by atoms with Crippen LogP contribution in [0.3, 0.4) is 0 Å². The number of hydrogen-bond acceptors (Lipinski definition) is 3. The fourth-order valence-electron chi connectivity index (χ4n) is 4.74. The molecule has 0 spiro atoms. The summed E-state index contributed by atoms with van der Waals surface area (Å²) in [6.45, 7) is 5.46. The van der Waals surface area contributed by atoms with E-state index in [9.17, 15) is 4.79 Å². The summed E-state index contributed by atoms with van der Waals surface area (Å²) in [4.78, 5) is 17.5. The van der Waals surface area contributed by atoms with Crippen LogP contribution in [0.25, 0.3) is 0 Å². The minimum Gasteiger partial charge on any atom is -0.381 e. The Morgan fingerprint density at radius 1 is 1.14 bits per heavy atom. The van der Waals surface area contributed by atoms with E-state index in [1.807, 2.05) is 7.11 Å². The van der Waals surface area contributed by atoms with E-state index in [2.05, 4.69) is 23.8 Å². The molecule has 0 N–H and O–H groups in total. The largest absolute Gasteiger partial charge is 0.381 e. The van der Waals surface area contributed by atoms with Crippen LogP contribution in [0.1, 0.15) is 45.4 Å². The SMILES string of the molecule is CO[C@@H]1CC[C@H]2N(C(=O)C3CCN(C)CC3)CC[C@@]2(C)C1. The first kappa shape index (κ1) is 15.3. The Hall–Kier alpha value is -0.610. The minimum absolute atomic E-state index is 0.267. The van der Waals surface area contributed by atoms with Crippen LogP contribution in [-0.4, -0.2) is 61.6 Å². The highest BCUT2D eigenvalue weighted by Gasteiger charge is 2.50. The number of carbonyl (C=O) groups is 1. The van der Waals surface area contributed by atoms with Gasteiger partial charge in [-0.3, -0.25) is 4.79 Å². The number of rotatable bonds is 2. The van der Waals surface area contributed by atoms with Crippen LogP contribution in [0.15, 0.2) is 0 Å². The summed E-state index contributed by atoms with van der Waals surface area (Å²) >= 11 is 0. The van der Waals surface area contributed by atoms with Gasteiger partial charge in [-0.25, -0.2) is 0 Å². The molecule has 3 aliphatic rings. The molecule has 0 aromatic carbocycles. The molecular formula is C17H30N2O2. The van der Waals surface area contributed by atoms with Crippen molar-refractivity contribution in [3.63, 3.8) is 0 Å². The maximum Gasteiger partial charge on any atom is 0.226 e. The first-order valence-electron chi connectivity index (χ1n) is 8.55. The van der Waals surface area contributed by atoms with Gasteiger partial charge >= 0.3 is 0 Å². The third-order valence-corrected chi connectivity index (χ3v) is 6.24. The molecule has 1 amide bonds. The van der Waals surface area contributed by atoms with E-state index in [0.717, 1.165) is 58.2 Å². The fraction of sp³-hybridized carbons (Fsp3) is 0.941. The number of hydrogen-bond donors (Lipinski definition) is 0. The second-order valence-corrected chi connectivity index (χ2v) is 7.67. The van der Waals surface area contributed by atoms with Crippen molar-refractivity contribution in [2.75, 3.05) is 33.8 Å². The van der Waals surface area contributed by atoms with E-state index in [1.54, 1.807) is 0 Å². The predicted octanol–water partition coefficient (Wildman–Crippen LogP) is 2.13. The first-order chi connectivity index (χ1) is 10.0. The Morgan fingerprint density at radius 3 is 2.52 bits per heavy atom. The number of fused-ring (bicyclic) bond motifs is 1. The molecule has 0 unspecified atom stereocenters. The monoisotopic (exact) mass is 294 g/mol. The second kappa shape index (κ2) is 5.88. The number of carbonyl (C=O) groups excluding carboxylic acids is 1. The van der Waals surface area contributed by atoms with Crippen molar-refractivity contribution in [2.45, 2.75) is 57.6 Å². The second-order valence-electron chi connectivity index (χ2n) is 7.67. The molecule has 4 heteroatoms. The maximum atomic E-state index is 12.9. The minimum atomic E-state index is 0.267. The molecule has 120 valence electrons. The molecule has 2 saturated heterocycles. The van der Waals surface area contributed by atoms with Gasteiger partial charge < -0.3 is 14.5 Å². The van der Waals surface area contributed by atoms with Crippen molar-refractivity contribution < 1.29 is 9.53 Å². The number of methoxy groups -OCH3 is 1. The fourth-order valence-corrected chi connectivity index (χ4v) is 4.74. The van der Waals surface area contributed by atoms with Gasteiger partial charge in [0.1, 0.15) is 0 Å². The molecule has 2 heterocycles. The average Bonchev–Trinajstić information content (AvgIpc) is 2.83. The van der Waals surface area contributed by atoms with E-state index in [1.165, 1.54) is 0 Å². The molecular weight excluding hydrogens is 264 g/mol. The Kier molecular flexibility index (Phi) is 4.28. The normalized spacial score (nSPS) is 38.5. The zero-order valence-electron chi connectivity index (χ0n) is 13.8. The molecule has 0 aromatic rings. The number of amides is 1. The maximum absolute atomic E-state index is 12.9. The van der Waals surface area contributed by atoms with Gasteiger partial charge in [0.05, 0.1) is 6.10 Å². The summed E-state index contributed by atoms with van der Waals surface area (Å²) in [6, 6.07) is 0.455.